The lowest BCUT2D eigenvalue weighted by Crippen LogP contribution is -2.60. The largest absolute Gasteiger partial charge is 0.298 e. The highest BCUT2D eigenvalue weighted by Gasteiger charge is 2.41. The normalized spacial score (nSPS) is 25.6. The van der Waals surface area contributed by atoms with Gasteiger partial charge in [-0.25, -0.2) is 8.51 Å². The molecule has 0 radical (unpaired) electrons. The molecule has 4 heteroatoms. The second kappa shape index (κ2) is 7.63. The Morgan fingerprint density at radius 3 is 2.42 bits per heavy atom. The van der Waals surface area contributed by atoms with Crippen molar-refractivity contribution in [3.8, 4) is 11.1 Å². The van der Waals surface area contributed by atoms with Gasteiger partial charge in [-0.2, -0.15) is 0 Å². The molecule has 0 amide bonds. The van der Waals surface area contributed by atoms with E-state index in [1.807, 2.05) is 6.26 Å². The van der Waals surface area contributed by atoms with Gasteiger partial charge in [0, 0.05) is 37.8 Å². The molecule has 2 fully saturated rings. The van der Waals surface area contributed by atoms with Crippen LogP contribution in [0.2, 0.25) is 0 Å². The maximum absolute atomic E-state index is 12.0. The van der Waals surface area contributed by atoms with Gasteiger partial charge < -0.3 is 0 Å². The van der Waals surface area contributed by atoms with Gasteiger partial charge in [0.2, 0.25) is 0 Å². The molecule has 2 aromatic rings. The van der Waals surface area contributed by atoms with E-state index in [0.717, 1.165) is 26.1 Å². The standard InChI is InChI=1S/C22H28N2OS/c1-17-7-3-4-8-20(17)18-9-11-19(12-10-18)21-15-23-13-5-6-14-24(26(2)25)16-22(21)23/h3-4,7-12,21-22H,5-6,13-16H2,1-2H3/t21?,22-,26?/m0/s1. The van der Waals surface area contributed by atoms with Gasteiger partial charge >= 0.3 is 0 Å². The summed E-state index contributed by atoms with van der Waals surface area (Å²) in [6.07, 6.45) is 4.18. The molecule has 0 aliphatic carbocycles. The van der Waals surface area contributed by atoms with Gasteiger partial charge in [-0.1, -0.05) is 48.5 Å². The number of fused-ring (bicyclic) bond motifs is 1. The van der Waals surface area contributed by atoms with Gasteiger partial charge in [0.1, 0.15) is 0 Å². The Balaban J connectivity index is 1.52. The summed E-state index contributed by atoms with van der Waals surface area (Å²) in [4.78, 5) is 2.58. The zero-order valence-corrected chi connectivity index (χ0v) is 16.5. The summed E-state index contributed by atoms with van der Waals surface area (Å²) in [6, 6.07) is 18.2. The average molecular weight is 369 g/mol. The molecular formula is C22H28N2OS. The molecule has 0 N–H and O–H groups in total. The summed E-state index contributed by atoms with van der Waals surface area (Å²) >= 11 is 0. The van der Waals surface area contributed by atoms with Crippen molar-refractivity contribution in [3.63, 3.8) is 0 Å². The summed E-state index contributed by atoms with van der Waals surface area (Å²) in [7, 11) is -0.868. The summed E-state index contributed by atoms with van der Waals surface area (Å²) in [5, 5.41) is 0. The fourth-order valence-corrected chi connectivity index (χ4v) is 5.15. The highest BCUT2D eigenvalue weighted by atomic mass is 32.2. The maximum atomic E-state index is 12.0. The quantitative estimate of drug-likeness (QED) is 0.822. The van der Waals surface area contributed by atoms with Crippen LogP contribution in [0.15, 0.2) is 48.5 Å². The third-order valence-corrected chi connectivity index (χ3v) is 7.08. The Kier molecular flexibility index (Phi) is 5.25. The van der Waals surface area contributed by atoms with Gasteiger partial charge in [-0.15, -0.1) is 0 Å². The van der Waals surface area contributed by atoms with Gasteiger partial charge in [-0.3, -0.25) is 4.90 Å². The van der Waals surface area contributed by atoms with Gasteiger partial charge in [0.25, 0.3) is 0 Å². The molecule has 138 valence electrons. The molecule has 0 bridgehead atoms. The van der Waals surface area contributed by atoms with E-state index in [0.29, 0.717) is 12.0 Å². The van der Waals surface area contributed by atoms with Crippen LogP contribution in [0.5, 0.6) is 0 Å². The van der Waals surface area contributed by atoms with Gasteiger partial charge in [0.15, 0.2) is 0 Å². The van der Waals surface area contributed by atoms with Crippen LogP contribution in [-0.2, 0) is 11.0 Å². The summed E-state index contributed by atoms with van der Waals surface area (Å²) in [5.74, 6) is 0.560. The fraction of sp³-hybridized carbons (Fsp3) is 0.455. The molecule has 3 nitrogen and oxygen atoms in total. The summed E-state index contributed by atoms with van der Waals surface area (Å²) < 4.78 is 14.2. The molecule has 2 aliphatic rings. The van der Waals surface area contributed by atoms with Crippen LogP contribution in [0.25, 0.3) is 11.1 Å². The van der Waals surface area contributed by atoms with Gasteiger partial charge in [0.05, 0.1) is 11.0 Å². The first-order chi connectivity index (χ1) is 12.6. The lowest BCUT2D eigenvalue weighted by Gasteiger charge is -2.51. The van der Waals surface area contributed by atoms with Crippen molar-refractivity contribution in [1.29, 1.82) is 0 Å². The second-order valence-corrected chi connectivity index (χ2v) is 8.99. The van der Waals surface area contributed by atoms with E-state index in [1.54, 1.807) is 0 Å². The average Bonchev–Trinajstić information content (AvgIpc) is 2.62. The topological polar surface area (TPSA) is 23.6 Å². The van der Waals surface area contributed by atoms with Crippen molar-refractivity contribution in [2.24, 2.45) is 0 Å². The Bertz CT molecular complexity index is 789. The maximum Gasteiger partial charge on any atom is 0.0911 e. The Labute approximate surface area is 159 Å². The van der Waals surface area contributed by atoms with E-state index in [9.17, 15) is 4.21 Å². The van der Waals surface area contributed by atoms with Gasteiger partial charge in [-0.05, 0) is 48.6 Å². The molecular weight excluding hydrogens is 340 g/mol. The lowest BCUT2D eigenvalue weighted by molar-refractivity contribution is 0.0358. The number of benzene rings is 2. The SMILES string of the molecule is Cc1ccccc1-c1ccc(C2CN3CCCCN(S(C)=O)C[C@@H]23)cc1. The second-order valence-electron chi connectivity index (χ2n) is 7.62. The zero-order valence-electron chi connectivity index (χ0n) is 15.7. The van der Waals surface area contributed by atoms with E-state index < -0.39 is 11.0 Å². The van der Waals surface area contributed by atoms with E-state index in [1.165, 1.54) is 35.2 Å². The van der Waals surface area contributed by atoms with Crippen LogP contribution < -0.4 is 0 Å². The number of nitrogens with zero attached hydrogens (tertiary/aromatic N) is 2. The lowest BCUT2D eigenvalue weighted by atomic mass is 9.81. The van der Waals surface area contributed by atoms with Crippen LogP contribution in [0.4, 0.5) is 0 Å². The third kappa shape index (κ3) is 3.51. The Morgan fingerprint density at radius 1 is 0.962 bits per heavy atom. The molecule has 3 atom stereocenters. The van der Waals surface area contributed by atoms with Crippen molar-refractivity contribution in [1.82, 2.24) is 9.21 Å². The monoisotopic (exact) mass is 368 g/mol. The van der Waals surface area contributed by atoms with Crippen molar-refractivity contribution >= 4 is 11.0 Å². The minimum atomic E-state index is -0.868. The van der Waals surface area contributed by atoms with Crippen LogP contribution in [-0.4, -0.2) is 51.9 Å². The molecule has 26 heavy (non-hydrogen) atoms. The highest BCUT2D eigenvalue weighted by Crippen LogP contribution is 2.37. The summed E-state index contributed by atoms with van der Waals surface area (Å²) in [6.45, 7) is 6.38. The Morgan fingerprint density at radius 2 is 1.69 bits per heavy atom. The minimum absolute atomic E-state index is 0.503. The van der Waals surface area contributed by atoms with Crippen molar-refractivity contribution < 1.29 is 4.21 Å². The van der Waals surface area contributed by atoms with E-state index in [2.05, 4.69) is 64.7 Å². The van der Waals surface area contributed by atoms with Crippen molar-refractivity contribution in [2.75, 3.05) is 32.4 Å². The number of hydrogen-bond acceptors (Lipinski definition) is 2. The molecule has 2 heterocycles. The van der Waals surface area contributed by atoms with Crippen LogP contribution in [0, 0.1) is 6.92 Å². The number of hydrogen-bond donors (Lipinski definition) is 0. The third-order valence-electron chi connectivity index (χ3n) is 6.02. The molecule has 2 aromatic carbocycles. The van der Waals surface area contributed by atoms with E-state index >= 15 is 0 Å². The minimum Gasteiger partial charge on any atom is -0.298 e. The van der Waals surface area contributed by atoms with Crippen LogP contribution in [0.1, 0.15) is 29.9 Å². The molecule has 2 aliphatic heterocycles. The van der Waals surface area contributed by atoms with Crippen molar-refractivity contribution in [3.05, 3.63) is 59.7 Å². The first-order valence-electron chi connectivity index (χ1n) is 9.62. The van der Waals surface area contributed by atoms with Crippen LogP contribution in [0.3, 0.4) is 0 Å². The molecule has 0 saturated carbocycles. The number of rotatable bonds is 3. The molecule has 2 unspecified atom stereocenters. The van der Waals surface area contributed by atoms with E-state index in [-0.39, 0.29) is 0 Å². The van der Waals surface area contributed by atoms with Crippen molar-refractivity contribution in [2.45, 2.75) is 31.7 Å². The smallest absolute Gasteiger partial charge is 0.0911 e. The summed E-state index contributed by atoms with van der Waals surface area (Å²) in [5.41, 5.74) is 5.34. The molecule has 0 spiro atoms. The number of aryl methyl sites for hydroxylation is 1. The highest BCUT2D eigenvalue weighted by molar-refractivity contribution is 7.81. The molecule has 0 aromatic heterocycles. The predicted octanol–water partition coefficient (Wildman–Crippen LogP) is 3.82. The first kappa shape index (κ1) is 17.9. The molecule has 2 saturated heterocycles. The molecule has 4 rings (SSSR count). The van der Waals surface area contributed by atoms with E-state index in [4.69, 9.17) is 0 Å². The van der Waals surface area contributed by atoms with Crippen LogP contribution >= 0.6 is 0 Å². The zero-order chi connectivity index (χ0) is 18.1. The fourth-order valence-electron chi connectivity index (χ4n) is 4.40. The Hall–Kier alpha value is -1.49. The predicted molar refractivity (Wildman–Crippen MR) is 110 cm³/mol. The first-order valence-corrected chi connectivity index (χ1v) is 11.1.